The molecule has 2 fully saturated rings. The van der Waals surface area contributed by atoms with Crippen LogP contribution in [0.1, 0.15) is 18.4 Å². The number of carbonyl (C=O) groups is 2. The maximum atomic E-state index is 12.5. The molecule has 0 radical (unpaired) electrons. The van der Waals surface area contributed by atoms with Crippen LogP contribution in [0.4, 0.5) is 0 Å². The molecule has 0 unspecified atom stereocenters. The Morgan fingerprint density at radius 3 is 2.48 bits per heavy atom. The number of nitrogens with zero attached hydrogens (tertiary/aromatic N) is 2. The van der Waals surface area contributed by atoms with Gasteiger partial charge in [-0.1, -0.05) is 0 Å². The predicted molar refractivity (Wildman–Crippen MR) is 98.9 cm³/mol. The lowest BCUT2D eigenvalue weighted by Crippen LogP contribution is -2.50. The molecular weight excluding hydrogens is 348 g/mol. The van der Waals surface area contributed by atoms with Crippen LogP contribution in [0, 0.1) is 5.92 Å². The fourth-order valence-corrected chi connectivity index (χ4v) is 3.40. The summed E-state index contributed by atoms with van der Waals surface area (Å²) in [6.07, 6.45) is 5.34. The molecule has 0 atom stereocenters. The standard InChI is InChI=1S/C20H24N2O5/c1-25-16-12-14(13-17-19(16)27-11-10-26-17)2-5-18(23)21-6-8-22(9-7-21)20(24)15-3-4-15/h2,5,12-13,15H,3-4,6-11H2,1H3/b5-2+. The van der Waals surface area contributed by atoms with Gasteiger partial charge < -0.3 is 24.0 Å². The molecule has 3 aliphatic rings. The zero-order valence-electron chi connectivity index (χ0n) is 15.5. The van der Waals surface area contributed by atoms with Gasteiger partial charge in [-0.3, -0.25) is 9.59 Å². The Hall–Kier alpha value is -2.70. The third kappa shape index (κ3) is 3.86. The van der Waals surface area contributed by atoms with E-state index in [1.165, 1.54) is 0 Å². The number of piperazine rings is 1. The minimum Gasteiger partial charge on any atom is -0.493 e. The van der Waals surface area contributed by atoms with Crippen LogP contribution in [0.5, 0.6) is 17.2 Å². The second kappa shape index (κ2) is 7.50. The highest BCUT2D eigenvalue weighted by atomic mass is 16.6. The first kappa shape index (κ1) is 17.7. The van der Waals surface area contributed by atoms with Crippen molar-refractivity contribution in [2.45, 2.75) is 12.8 Å². The Balaban J connectivity index is 1.38. The molecule has 1 saturated carbocycles. The highest BCUT2D eigenvalue weighted by molar-refractivity contribution is 5.92. The van der Waals surface area contributed by atoms with Crippen molar-refractivity contribution in [2.75, 3.05) is 46.5 Å². The van der Waals surface area contributed by atoms with E-state index in [0.29, 0.717) is 56.6 Å². The van der Waals surface area contributed by atoms with Gasteiger partial charge in [-0.25, -0.2) is 0 Å². The molecule has 1 aromatic carbocycles. The van der Waals surface area contributed by atoms with E-state index in [0.717, 1.165) is 18.4 Å². The lowest BCUT2D eigenvalue weighted by molar-refractivity contribution is -0.138. The minimum absolute atomic E-state index is 0.0534. The largest absolute Gasteiger partial charge is 0.493 e. The van der Waals surface area contributed by atoms with Crippen molar-refractivity contribution in [3.63, 3.8) is 0 Å². The number of methoxy groups -OCH3 is 1. The van der Waals surface area contributed by atoms with Crippen LogP contribution in [0.2, 0.25) is 0 Å². The Bertz CT molecular complexity index is 747. The summed E-state index contributed by atoms with van der Waals surface area (Å²) in [6.45, 7) is 3.37. The number of fused-ring (bicyclic) bond motifs is 1. The molecule has 2 amide bonds. The van der Waals surface area contributed by atoms with Gasteiger partial charge in [0, 0.05) is 38.2 Å². The molecule has 27 heavy (non-hydrogen) atoms. The molecule has 0 aromatic heterocycles. The summed E-state index contributed by atoms with van der Waals surface area (Å²) in [5.74, 6) is 2.25. The summed E-state index contributed by atoms with van der Waals surface area (Å²) in [5.41, 5.74) is 0.812. The highest BCUT2D eigenvalue weighted by Crippen LogP contribution is 2.40. The maximum Gasteiger partial charge on any atom is 0.246 e. The first-order chi connectivity index (χ1) is 13.2. The molecule has 1 aromatic rings. The van der Waals surface area contributed by atoms with Crippen molar-refractivity contribution in [2.24, 2.45) is 5.92 Å². The number of benzene rings is 1. The van der Waals surface area contributed by atoms with Gasteiger partial charge in [0.1, 0.15) is 13.2 Å². The van der Waals surface area contributed by atoms with Crippen LogP contribution in [0.3, 0.4) is 0 Å². The normalized spacial score (nSPS) is 19.3. The van der Waals surface area contributed by atoms with Crippen molar-refractivity contribution in [3.05, 3.63) is 23.8 Å². The van der Waals surface area contributed by atoms with E-state index in [2.05, 4.69) is 0 Å². The van der Waals surface area contributed by atoms with E-state index in [-0.39, 0.29) is 17.7 Å². The van der Waals surface area contributed by atoms with E-state index in [1.807, 2.05) is 17.0 Å². The summed E-state index contributed by atoms with van der Waals surface area (Å²) in [5, 5.41) is 0. The summed E-state index contributed by atoms with van der Waals surface area (Å²) >= 11 is 0. The molecule has 0 spiro atoms. The summed E-state index contributed by atoms with van der Waals surface area (Å²) in [6, 6.07) is 3.66. The second-order valence-electron chi connectivity index (χ2n) is 7.01. The average molecular weight is 372 g/mol. The van der Waals surface area contributed by atoms with Crippen molar-refractivity contribution in [1.82, 2.24) is 9.80 Å². The summed E-state index contributed by atoms with van der Waals surface area (Å²) < 4.78 is 16.6. The Morgan fingerprint density at radius 1 is 1.07 bits per heavy atom. The molecular formula is C20H24N2O5. The first-order valence-electron chi connectivity index (χ1n) is 9.39. The van der Waals surface area contributed by atoms with E-state index < -0.39 is 0 Å². The van der Waals surface area contributed by atoms with Gasteiger partial charge in [0.05, 0.1) is 7.11 Å². The molecule has 2 aliphatic heterocycles. The van der Waals surface area contributed by atoms with E-state index in [4.69, 9.17) is 14.2 Å². The number of carbonyl (C=O) groups excluding carboxylic acids is 2. The van der Waals surface area contributed by atoms with Gasteiger partial charge in [0.15, 0.2) is 11.5 Å². The summed E-state index contributed by atoms with van der Waals surface area (Å²) in [7, 11) is 1.58. The zero-order chi connectivity index (χ0) is 18.8. The minimum atomic E-state index is -0.0534. The van der Waals surface area contributed by atoms with Gasteiger partial charge in [-0.15, -0.1) is 0 Å². The smallest absolute Gasteiger partial charge is 0.246 e. The molecule has 1 aliphatic carbocycles. The number of ether oxygens (including phenoxy) is 3. The number of amides is 2. The fourth-order valence-electron chi connectivity index (χ4n) is 3.40. The first-order valence-corrected chi connectivity index (χ1v) is 9.39. The van der Waals surface area contributed by atoms with Crippen LogP contribution >= 0.6 is 0 Å². The van der Waals surface area contributed by atoms with E-state index in [9.17, 15) is 9.59 Å². The number of hydrogen-bond acceptors (Lipinski definition) is 5. The molecule has 0 bridgehead atoms. The lowest BCUT2D eigenvalue weighted by Gasteiger charge is -2.34. The Kier molecular flexibility index (Phi) is 4.92. The summed E-state index contributed by atoms with van der Waals surface area (Å²) in [4.78, 5) is 28.3. The number of hydrogen-bond donors (Lipinski definition) is 0. The lowest BCUT2D eigenvalue weighted by atomic mass is 10.1. The maximum absolute atomic E-state index is 12.5. The fraction of sp³-hybridized carbons (Fsp3) is 0.500. The molecule has 4 rings (SSSR count). The highest BCUT2D eigenvalue weighted by Gasteiger charge is 2.34. The molecule has 7 heteroatoms. The molecule has 0 N–H and O–H groups in total. The van der Waals surface area contributed by atoms with Crippen LogP contribution in [-0.4, -0.2) is 68.1 Å². The van der Waals surface area contributed by atoms with Gasteiger partial charge >= 0.3 is 0 Å². The van der Waals surface area contributed by atoms with Crippen molar-refractivity contribution >= 4 is 17.9 Å². The Labute approximate surface area is 158 Å². The van der Waals surface area contributed by atoms with Crippen LogP contribution in [-0.2, 0) is 9.59 Å². The predicted octanol–water partition coefficient (Wildman–Crippen LogP) is 1.56. The van der Waals surface area contributed by atoms with Crippen molar-refractivity contribution < 1.29 is 23.8 Å². The molecule has 2 heterocycles. The third-order valence-corrected chi connectivity index (χ3v) is 5.10. The van der Waals surface area contributed by atoms with Crippen molar-refractivity contribution in [3.8, 4) is 17.2 Å². The zero-order valence-corrected chi connectivity index (χ0v) is 15.5. The second-order valence-corrected chi connectivity index (χ2v) is 7.01. The van der Waals surface area contributed by atoms with E-state index >= 15 is 0 Å². The monoisotopic (exact) mass is 372 g/mol. The van der Waals surface area contributed by atoms with Gasteiger partial charge in [-0.05, 0) is 36.6 Å². The SMILES string of the molecule is COc1cc(/C=C/C(=O)N2CCN(C(=O)C3CC3)CC2)cc2c1OCCO2. The Morgan fingerprint density at radius 2 is 1.78 bits per heavy atom. The average Bonchev–Trinajstić information content (AvgIpc) is 3.56. The quantitative estimate of drug-likeness (QED) is 0.751. The van der Waals surface area contributed by atoms with Gasteiger partial charge in [0.2, 0.25) is 17.6 Å². The van der Waals surface area contributed by atoms with Crippen LogP contribution in [0.15, 0.2) is 18.2 Å². The molecule has 144 valence electrons. The van der Waals surface area contributed by atoms with Gasteiger partial charge in [-0.2, -0.15) is 0 Å². The van der Waals surface area contributed by atoms with Crippen molar-refractivity contribution in [1.29, 1.82) is 0 Å². The number of rotatable bonds is 4. The topological polar surface area (TPSA) is 68.3 Å². The molecule has 1 saturated heterocycles. The van der Waals surface area contributed by atoms with Crippen LogP contribution < -0.4 is 14.2 Å². The van der Waals surface area contributed by atoms with E-state index in [1.54, 1.807) is 24.2 Å². The van der Waals surface area contributed by atoms with Gasteiger partial charge in [0.25, 0.3) is 0 Å². The third-order valence-electron chi connectivity index (χ3n) is 5.10. The van der Waals surface area contributed by atoms with Crippen LogP contribution in [0.25, 0.3) is 6.08 Å². The molecule has 7 nitrogen and oxygen atoms in total.